The average molecular weight is 300 g/mol. The van der Waals surface area contributed by atoms with Crippen LogP contribution in [0.2, 0.25) is 0 Å². The molecule has 1 unspecified atom stereocenters. The number of allylic oxidation sites excluding steroid dienone is 3. The number of hydrogen-bond donors (Lipinski definition) is 1. The first-order valence-corrected chi connectivity index (χ1v) is 9.49. The molecule has 4 rings (SSSR count). The lowest BCUT2D eigenvalue weighted by atomic mass is 9.47. The summed E-state index contributed by atoms with van der Waals surface area (Å²) in [5.74, 6) is 3.89. The molecule has 0 aromatic rings. The molecule has 0 radical (unpaired) electrons. The van der Waals surface area contributed by atoms with Crippen LogP contribution in [0, 0.1) is 40.4 Å². The fraction of sp³-hybridized carbons (Fsp3) is 0.810. The highest BCUT2D eigenvalue weighted by Gasteiger charge is 2.57. The van der Waals surface area contributed by atoms with E-state index in [2.05, 4.69) is 38.7 Å². The number of aliphatic hydroxyl groups excluding tert-OH is 1. The summed E-state index contributed by atoms with van der Waals surface area (Å²) in [6, 6.07) is 0. The van der Waals surface area contributed by atoms with Crippen LogP contribution in [-0.2, 0) is 0 Å². The van der Waals surface area contributed by atoms with Crippen LogP contribution < -0.4 is 0 Å². The van der Waals surface area contributed by atoms with Crippen molar-refractivity contribution in [2.24, 2.45) is 40.4 Å². The van der Waals surface area contributed by atoms with Crippen molar-refractivity contribution in [3.8, 4) is 0 Å². The molecule has 22 heavy (non-hydrogen) atoms. The zero-order chi connectivity index (χ0) is 15.5. The monoisotopic (exact) mass is 300 g/mol. The first kappa shape index (κ1) is 15.0. The van der Waals surface area contributed by atoms with E-state index < -0.39 is 0 Å². The summed E-state index contributed by atoms with van der Waals surface area (Å²) in [5, 5.41) is 10.1. The van der Waals surface area contributed by atoms with Gasteiger partial charge in [-0.1, -0.05) is 32.1 Å². The van der Waals surface area contributed by atoms with E-state index in [0.717, 1.165) is 36.5 Å². The number of fused-ring (bicyclic) bond motifs is 5. The van der Waals surface area contributed by atoms with E-state index in [1.165, 1.54) is 32.1 Å². The summed E-state index contributed by atoms with van der Waals surface area (Å²) in [6.07, 6.45) is 16.1. The molecule has 4 aliphatic rings. The van der Waals surface area contributed by atoms with E-state index in [0.29, 0.717) is 16.7 Å². The quantitative estimate of drug-likeness (QED) is 0.678. The summed E-state index contributed by atoms with van der Waals surface area (Å²) in [7, 11) is 0. The van der Waals surface area contributed by atoms with Crippen LogP contribution in [0.4, 0.5) is 0 Å². The van der Waals surface area contributed by atoms with Gasteiger partial charge in [-0.05, 0) is 85.4 Å². The van der Waals surface area contributed by atoms with E-state index in [1.54, 1.807) is 0 Å². The third-order valence-electron chi connectivity index (χ3n) is 8.43. The maximum absolute atomic E-state index is 10.1. The smallest absolute Gasteiger partial charge is 0.0543 e. The molecule has 1 N–H and O–H groups in total. The van der Waals surface area contributed by atoms with Gasteiger partial charge in [0.1, 0.15) is 0 Å². The molecule has 0 amide bonds. The number of rotatable bonds is 1. The van der Waals surface area contributed by atoms with E-state index >= 15 is 0 Å². The minimum Gasteiger partial charge on any atom is -0.393 e. The van der Waals surface area contributed by atoms with E-state index in [1.807, 2.05) is 0 Å². The Morgan fingerprint density at radius 2 is 1.95 bits per heavy atom. The molecule has 3 saturated carbocycles. The van der Waals surface area contributed by atoms with Crippen molar-refractivity contribution < 1.29 is 5.11 Å². The molecule has 0 heterocycles. The Labute approximate surface area is 135 Å². The van der Waals surface area contributed by atoms with Crippen molar-refractivity contribution in [2.45, 2.75) is 64.9 Å². The van der Waals surface area contributed by atoms with Gasteiger partial charge in [0, 0.05) is 0 Å². The highest BCUT2D eigenvalue weighted by Crippen LogP contribution is 2.65. The van der Waals surface area contributed by atoms with Gasteiger partial charge < -0.3 is 5.11 Å². The van der Waals surface area contributed by atoms with Crippen molar-refractivity contribution in [1.82, 2.24) is 0 Å². The van der Waals surface area contributed by atoms with Crippen LogP contribution in [0.1, 0.15) is 58.8 Å². The SMILES string of the molecule is C=C[C@H]1CC[C@H]2[C@@H]3CCC4C[C@H](O)CC[C@]4(C)[C@H]3C=C[C@]12C. The van der Waals surface area contributed by atoms with Crippen molar-refractivity contribution in [3.05, 3.63) is 24.8 Å². The molecule has 0 bridgehead atoms. The molecule has 4 aliphatic carbocycles. The maximum atomic E-state index is 10.1. The Bertz CT molecular complexity index is 494. The van der Waals surface area contributed by atoms with Crippen LogP contribution in [0.25, 0.3) is 0 Å². The molecule has 8 atom stereocenters. The van der Waals surface area contributed by atoms with Crippen molar-refractivity contribution in [3.63, 3.8) is 0 Å². The zero-order valence-corrected chi connectivity index (χ0v) is 14.3. The van der Waals surface area contributed by atoms with Crippen LogP contribution in [0.3, 0.4) is 0 Å². The summed E-state index contributed by atoms with van der Waals surface area (Å²) < 4.78 is 0. The maximum Gasteiger partial charge on any atom is 0.0543 e. The van der Waals surface area contributed by atoms with Crippen LogP contribution >= 0.6 is 0 Å². The fourth-order valence-corrected chi connectivity index (χ4v) is 7.02. The van der Waals surface area contributed by atoms with Gasteiger partial charge in [-0.25, -0.2) is 0 Å². The predicted octanol–water partition coefficient (Wildman–Crippen LogP) is 4.97. The second kappa shape index (κ2) is 4.97. The van der Waals surface area contributed by atoms with E-state index in [9.17, 15) is 5.11 Å². The molecule has 1 nitrogen and oxygen atoms in total. The standard InChI is InChI=1S/C21H32O/c1-4-14-6-8-18-17-7-5-15-13-16(22)9-11-21(15,3)19(17)10-12-20(14,18)2/h4,10,12,14-19,22H,1,5-9,11,13H2,2-3H3/t14-,15?,16+,17-,18-,19-,20+,21-/m0/s1. The first-order chi connectivity index (χ1) is 10.5. The molecule has 0 aromatic carbocycles. The number of aliphatic hydroxyl groups is 1. The Kier molecular flexibility index (Phi) is 3.39. The Hall–Kier alpha value is -0.560. The second-order valence-corrected chi connectivity index (χ2v) is 9.15. The predicted molar refractivity (Wildman–Crippen MR) is 91.3 cm³/mol. The third kappa shape index (κ3) is 1.87. The van der Waals surface area contributed by atoms with E-state index in [4.69, 9.17) is 0 Å². The zero-order valence-electron chi connectivity index (χ0n) is 14.3. The van der Waals surface area contributed by atoms with Gasteiger partial charge in [0.15, 0.2) is 0 Å². The average Bonchev–Trinajstić information content (AvgIpc) is 2.84. The molecular weight excluding hydrogens is 268 g/mol. The lowest BCUT2D eigenvalue weighted by Crippen LogP contribution is -2.52. The lowest BCUT2D eigenvalue weighted by molar-refractivity contribution is -0.0797. The topological polar surface area (TPSA) is 20.2 Å². The molecule has 3 fully saturated rings. The Morgan fingerprint density at radius 3 is 2.73 bits per heavy atom. The second-order valence-electron chi connectivity index (χ2n) is 9.15. The highest BCUT2D eigenvalue weighted by atomic mass is 16.3. The van der Waals surface area contributed by atoms with Gasteiger partial charge in [0.25, 0.3) is 0 Å². The largest absolute Gasteiger partial charge is 0.393 e. The molecule has 122 valence electrons. The first-order valence-electron chi connectivity index (χ1n) is 9.49. The molecule has 0 aliphatic heterocycles. The minimum absolute atomic E-state index is 0.0379. The summed E-state index contributed by atoms with van der Waals surface area (Å²) in [5.41, 5.74) is 0.798. The normalized spacial score (nSPS) is 56.9. The molecule has 1 heteroatoms. The van der Waals surface area contributed by atoms with Crippen molar-refractivity contribution in [2.75, 3.05) is 0 Å². The van der Waals surface area contributed by atoms with Gasteiger partial charge in [-0.15, -0.1) is 6.58 Å². The lowest BCUT2D eigenvalue weighted by Gasteiger charge is -2.58. The highest BCUT2D eigenvalue weighted by molar-refractivity contribution is 5.22. The number of hydrogen-bond acceptors (Lipinski definition) is 1. The van der Waals surface area contributed by atoms with Gasteiger partial charge in [0.2, 0.25) is 0 Å². The molecular formula is C21H32O. The van der Waals surface area contributed by atoms with E-state index in [-0.39, 0.29) is 6.10 Å². The van der Waals surface area contributed by atoms with Crippen LogP contribution in [0.15, 0.2) is 24.8 Å². The van der Waals surface area contributed by atoms with Gasteiger partial charge in [-0.2, -0.15) is 0 Å². The van der Waals surface area contributed by atoms with Gasteiger partial charge in [-0.3, -0.25) is 0 Å². The molecule has 0 spiro atoms. The molecule has 0 aromatic heterocycles. The molecule has 0 saturated heterocycles. The summed E-state index contributed by atoms with van der Waals surface area (Å²) in [6.45, 7) is 9.13. The van der Waals surface area contributed by atoms with Crippen LogP contribution in [0.5, 0.6) is 0 Å². The van der Waals surface area contributed by atoms with Crippen LogP contribution in [-0.4, -0.2) is 11.2 Å². The van der Waals surface area contributed by atoms with Gasteiger partial charge >= 0.3 is 0 Å². The van der Waals surface area contributed by atoms with Crippen molar-refractivity contribution >= 4 is 0 Å². The van der Waals surface area contributed by atoms with Gasteiger partial charge in [0.05, 0.1) is 6.10 Å². The third-order valence-corrected chi connectivity index (χ3v) is 8.43. The minimum atomic E-state index is -0.0379. The summed E-state index contributed by atoms with van der Waals surface area (Å²) in [4.78, 5) is 0. The Morgan fingerprint density at radius 1 is 1.14 bits per heavy atom. The summed E-state index contributed by atoms with van der Waals surface area (Å²) >= 11 is 0. The fourth-order valence-electron chi connectivity index (χ4n) is 7.02. The van der Waals surface area contributed by atoms with Crippen molar-refractivity contribution in [1.29, 1.82) is 0 Å². The Balaban J connectivity index is 1.68.